The van der Waals surface area contributed by atoms with Gasteiger partial charge in [0.1, 0.15) is 0 Å². The highest BCUT2D eigenvalue weighted by Gasteiger charge is 2.14. The van der Waals surface area contributed by atoms with Crippen LogP contribution < -0.4 is 0 Å². The summed E-state index contributed by atoms with van der Waals surface area (Å²) in [5.74, 6) is 0.256. The molecule has 1 aromatic rings. The first-order valence-corrected chi connectivity index (χ1v) is 5.97. The van der Waals surface area contributed by atoms with E-state index in [1.165, 1.54) is 0 Å². The lowest BCUT2D eigenvalue weighted by Crippen LogP contribution is -2.23. The molecule has 0 aliphatic rings. The van der Waals surface area contributed by atoms with Gasteiger partial charge in [-0.15, -0.1) is 0 Å². The van der Waals surface area contributed by atoms with Crippen molar-refractivity contribution in [2.45, 2.75) is 26.6 Å². The Kier molecular flexibility index (Phi) is 5.56. The second-order valence-corrected chi connectivity index (χ2v) is 4.79. The Hall–Kier alpha value is -0.280. The summed E-state index contributed by atoms with van der Waals surface area (Å²) in [4.78, 5) is 0. The average Bonchev–Trinajstić information content (AvgIpc) is 2.22. The van der Waals surface area contributed by atoms with Crippen molar-refractivity contribution in [1.29, 1.82) is 0 Å². The fraction of sp³-hybridized carbons (Fsp3) is 0.500. The Labute approximate surface area is 106 Å². The van der Waals surface area contributed by atoms with Crippen LogP contribution in [0.4, 0.5) is 0 Å². The molecule has 0 spiro atoms. The normalized spacial score (nSPS) is 13.1. The zero-order valence-electron chi connectivity index (χ0n) is 9.41. The van der Waals surface area contributed by atoms with E-state index in [9.17, 15) is 0 Å². The van der Waals surface area contributed by atoms with Crippen LogP contribution in [0.5, 0.6) is 0 Å². The molecule has 2 nitrogen and oxygen atoms in total. The molecule has 4 heteroatoms. The Morgan fingerprint density at radius 2 is 1.81 bits per heavy atom. The van der Waals surface area contributed by atoms with Gasteiger partial charge in [0.2, 0.25) is 0 Å². The predicted molar refractivity (Wildman–Crippen MR) is 67.0 cm³/mol. The number of ether oxygens (including phenoxy) is 1. The van der Waals surface area contributed by atoms with E-state index >= 15 is 0 Å². The molecule has 0 bridgehead atoms. The highest BCUT2D eigenvalue weighted by molar-refractivity contribution is 6.35. The van der Waals surface area contributed by atoms with Crippen LogP contribution in [-0.2, 0) is 11.3 Å². The third kappa shape index (κ3) is 3.63. The standard InChI is InChI=1S/C12H16Cl2O2/c1-8(2)12(6-15)16-7-9-10(13)4-3-5-11(9)14/h3-5,8,12,15H,6-7H2,1-2H3/t12-/m1/s1. The maximum absolute atomic E-state index is 9.12. The third-order valence-corrected chi connectivity index (χ3v) is 3.14. The third-order valence-electron chi connectivity index (χ3n) is 2.43. The monoisotopic (exact) mass is 262 g/mol. The van der Waals surface area contributed by atoms with E-state index in [1.807, 2.05) is 13.8 Å². The van der Waals surface area contributed by atoms with E-state index in [-0.39, 0.29) is 18.6 Å². The number of aliphatic hydroxyl groups is 1. The molecule has 1 rings (SSSR count). The summed E-state index contributed by atoms with van der Waals surface area (Å²) in [7, 11) is 0. The summed E-state index contributed by atoms with van der Waals surface area (Å²) in [5, 5.41) is 10.3. The van der Waals surface area contributed by atoms with Gasteiger partial charge in [0.05, 0.1) is 19.3 Å². The Bertz CT molecular complexity index is 320. The van der Waals surface area contributed by atoms with Crippen LogP contribution in [-0.4, -0.2) is 17.8 Å². The SMILES string of the molecule is CC(C)[C@@H](CO)OCc1c(Cl)cccc1Cl. The topological polar surface area (TPSA) is 29.5 Å². The molecule has 0 saturated carbocycles. The molecule has 1 N–H and O–H groups in total. The Morgan fingerprint density at radius 1 is 1.25 bits per heavy atom. The van der Waals surface area contributed by atoms with Gasteiger partial charge in [0.25, 0.3) is 0 Å². The van der Waals surface area contributed by atoms with Gasteiger partial charge in [0, 0.05) is 15.6 Å². The molecule has 0 aliphatic carbocycles. The van der Waals surface area contributed by atoms with Gasteiger partial charge in [-0.3, -0.25) is 0 Å². The molecular formula is C12H16Cl2O2. The largest absolute Gasteiger partial charge is 0.394 e. The van der Waals surface area contributed by atoms with Gasteiger partial charge in [-0.2, -0.15) is 0 Å². The highest BCUT2D eigenvalue weighted by atomic mass is 35.5. The molecule has 90 valence electrons. The Morgan fingerprint density at radius 3 is 2.25 bits per heavy atom. The average molecular weight is 263 g/mol. The highest BCUT2D eigenvalue weighted by Crippen LogP contribution is 2.25. The zero-order valence-corrected chi connectivity index (χ0v) is 10.9. The minimum atomic E-state index is -0.188. The predicted octanol–water partition coefficient (Wildman–Crippen LogP) is 3.53. The summed E-state index contributed by atoms with van der Waals surface area (Å²) in [6.45, 7) is 4.31. The van der Waals surface area contributed by atoms with Gasteiger partial charge in [-0.1, -0.05) is 43.1 Å². The first kappa shape index (κ1) is 13.8. The summed E-state index contributed by atoms with van der Waals surface area (Å²) in [6, 6.07) is 5.34. The fourth-order valence-corrected chi connectivity index (χ4v) is 1.82. The van der Waals surface area contributed by atoms with E-state index in [4.69, 9.17) is 33.0 Å². The van der Waals surface area contributed by atoms with Gasteiger partial charge in [-0.05, 0) is 18.1 Å². The van der Waals surface area contributed by atoms with Crippen molar-refractivity contribution in [3.8, 4) is 0 Å². The van der Waals surface area contributed by atoms with Crippen LogP contribution in [0.2, 0.25) is 10.0 Å². The van der Waals surface area contributed by atoms with Crippen LogP contribution in [0.1, 0.15) is 19.4 Å². The number of rotatable bonds is 5. The second kappa shape index (κ2) is 6.45. The first-order valence-electron chi connectivity index (χ1n) is 5.21. The van der Waals surface area contributed by atoms with Crippen LogP contribution in [0.3, 0.4) is 0 Å². The molecule has 0 radical (unpaired) electrons. The summed E-state index contributed by atoms with van der Waals surface area (Å²) in [5.41, 5.74) is 0.768. The van der Waals surface area contributed by atoms with Crippen molar-refractivity contribution in [1.82, 2.24) is 0 Å². The van der Waals surface area contributed by atoms with Crippen molar-refractivity contribution in [2.75, 3.05) is 6.61 Å². The summed E-state index contributed by atoms with van der Waals surface area (Å²) < 4.78 is 5.58. The van der Waals surface area contributed by atoms with Gasteiger partial charge < -0.3 is 9.84 Å². The van der Waals surface area contributed by atoms with Crippen molar-refractivity contribution in [3.05, 3.63) is 33.8 Å². The van der Waals surface area contributed by atoms with Gasteiger partial charge in [-0.25, -0.2) is 0 Å². The molecular weight excluding hydrogens is 247 g/mol. The van der Waals surface area contributed by atoms with Crippen LogP contribution in [0.15, 0.2) is 18.2 Å². The summed E-state index contributed by atoms with van der Waals surface area (Å²) >= 11 is 12.0. The molecule has 0 aromatic heterocycles. The minimum Gasteiger partial charge on any atom is -0.394 e. The maximum Gasteiger partial charge on any atom is 0.0833 e. The van der Waals surface area contributed by atoms with Crippen LogP contribution >= 0.6 is 23.2 Å². The van der Waals surface area contributed by atoms with Crippen molar-refractivity contribution in [3.63, 3.8) is 0 Å². The lowest BCUT2D eigenvalue weighted by molar-refractivity contribution is -0.0239. The van der Waals surface area contributed by atoms with Crippen molar-refractivity contribution in [2.24, 2.45) is 5.92 Å². The lowest BCUT2D eigenvalue weighted by Gasteiger charge is -2.19. The van der Waals surface area contributed by atoms with Gasteiger partial charge >= 0.3 is 0 Å². The number of halogens is 2. The minimum absolute atomic E-state index is 0.000260. The van der Waals surface area contributed by atoms with Crippen LogP contribution in [0, 0.1) is 5.92 Å². The number of hydrogen-bond donors (Lipinski definition) is 1. The molecule has 0 unspecified atom stereocenters. The smallest absolute Gasteiger partial charge is 0.0833 e. The quantitative estimate of drug-likeness (QED) is 0.880. The molecule has 0 amide bonds. The van der Waals surface area contributed by atoms with E-state index in [2.05, 4.69) is 0 Å². The molecule has 16 heavy (non-hydrogen) atoms. The first-order chi connectivity index (χ1) is 7.56. The molecule has 0 heterocycles. The fourth-order valence-electron chi connectivity index (χ4n) is 1.32. The number of benzene rings is 1. The molecule has 0 fully saturated rings. The molecule has 0 aliphatic heterocycles. The van der Waals surface area contributed by atoms with E-state index in [0.29, 0.717) is 16.7 Å². The van der Waals surface area contributed by atoms with Gasteiger partial charge in [0.15, 0.2) is 0 Å². The maximum atomic E-state index is 9.12. The Balaban J connectivity index is 2.67. The van der Waals surface area contributed by atoms with Crippen molar-refractivity contribution >= 4 is 23.2 Å². The lowest BCUT2D eigenvalue weighted by atomic mass is 10.1. The molecule has 1 atom stereocenters. The number of hydrogen-bond acceptors (Lipinski definition) is 2. The summed E-state index contributed by atoms with van der Waals surface area (Å²) in [6.07, 6.45) is -0.188. The van der Waals surface area contributed by atoms with Crippen LogP contribution in [0.25, 0.3) is 0 Å². The number of aliphatic hydroxyl groups excluding tert-OH is 1. The zero-order chi connectivity index (χ0) is 12.1. The van der Waals surface area contributed by atoms with Crippen molar-refractivity contribution < 1.29 is 9.84 Å². The van der Waals surface area contributed by atoms with E-state index in [1.54, 1.807) is 18.2 Å². The van der Waals surface area contributed by atoms with E-state index < -0.39 is 0 Å². The second-order valence-electron chi connectivity index (χ2n) is 3.98. The molecule has 1 aromatic carbocycles. The molecule has 0 saturated heterocycles. The van der Waals surface area contributed by atoms with E-state index in [0.717, 1.165) is 5.56 Å².